The van der Waals surface area contributed by atoms with E-state index in [2.05, 4.69) is 0 Å². The van der Waals surface area contributed by atoms with Crippen molar-refractivity contribution in [3.05, 3.63) is 35.4 Å². The van der Waals surface area contributed by atoms with E-state index in [1.165, 1.54) is 12.1 Å². The number of rotatable bonds is 3. The molecule has 0 spiro atoms. The highest BCUT2D eigenvalue weighted by Crippen LogP contribution is 2.29. The smallest absolute Gasteiger partial charge is 0.339 e. The van der Waals surface area contributed by atoms with E-state index in [0.717, 1.165) is 18.6 Å². The topological polar surface area (TPSA) is 46.3 Å². The van der Waals surface area contributed by atoms with Crippen molar-refractivity contribution < 1.29 is 18.0 Å². The van der Waals surface area contributed by atoms with Crippen LogP contribution in [-0.4, -0.2) is 29.9 Å². The van der Waals surface area contributed by atoms with Gasteiger partial charge in [-0.3, -0.25) is 4.79 Å². The summed E-state index contributed by atoms with van der Waals surface area (Å²) in [6.45, 7) is 3.16. The van der Waals surface area contributed by atoms with Gasteiger partial charge in [0, 0.05) is 12.6 Å². The van der Waals surface area contributed by atoms with Crippen LogP contribution >= 0.6 is 12.4 Å². The fourth-order valence-corrected chi connectivity index (χ4v) is 2.75. The van der Waals surface area contributed by atoms with Gasteiger partial charge in [0.15, 0.2) is 0 Å². The lowest BCUT2D eigenvalue weighted by Crippen LogP contribution is -2.35. The van der Waals surface area contributed by atoms with Gasteiger partial charge in [-0.15, -0.1) is 12.4 Å². The fraction of sp³-hybridized carbons (Fsp3) is 0.533. The molecule has 1 amide bonds. The molecule has 0 aromatic heterocycles. The summed E-state index contributed by atoms with van der Waals surface area (Å²) in [5, 5.41) is 0. The first-order chi connectivity index (χ1) is 9.81. The van der Waals surface area contributed by atoms with Gasteiger partial charge < -0.3 is 10.6 Å². The van der Waals surface area contributed by atoms with Crippen LogP contribution in [-0.2, 0) is 17.4 Å². The van der Waals surface area contributed by atoms with Gasteiger partial charge in [-0.25, -0.2) is 0 Å². The highest BCUT2D eigenvalue weighted by molar-refractivity contribution is 5.85. The van der Waals surface area contributed by atoms with Crippen molar-refractivity contribution in [1.82, 2.24) is 4.90 Å². The molecule has 2 atom stereocenters. The number of benzene rings is 1. The summed E-state index contributed by atoms with van der Waals surface area (Å²) in [7, 11) is 0. The van der Waals surface area contributed by atoms with E-state index in [4.69, 9.17) is 5.73 Å². The fourth-order valence-electron chi connectivity index (χ4n) is 2.75. The quantitative estimate of drug-likeness (QED) is 0.922. The van der Waals surface area contributed by atoms with Gasteiger partial charge in [0.1, 0.15) is 0 Å². The normalized spacial score (nSPS) is 21.6. The van der Waals surface area contributed by atoms with Gasteiger partial charge in [-0.1, -0.05) is 12.1 Å². The van der Waals surface area contributed by atoms with Crippen LogP contribution in [0.5, 0.6) is 0 Å². The third kappa shape index (κ3) is 4.36. The number of nitrogens with two attached hydrogens (primary N) is 1. The summed E-state index contributed by atoms with van der Waals surface area (Å²) in [6.07, 6.45) is -3.34. The van der Waals surface area contributed by atoms with Crippen LogP contribution in [0.1, 0.15) is 24.5 Å². The highest BCUT2D eigenvalue weighted by Gasteiger charge is 2.32. The zero-order valence-corrected chi connectivity index (χ0v) is 13.1. The molecule has 3 nitrogen and oxygen atoms in total. The SMILES string of the molecule is CC1CC(CN)CN1C(=O)Cc1ccc(C(F)(F)F)cc1.Cl. The molecule has 7 heteroatoms. The molecule has 1 aliphatic rings. The third-order valence-electron chi connectivity index (χ3n) is 3.95. The Kier molecular flexibility index (Phi) is 6.26. The molecule has 0 aliphatic carbocycles. The summed E-state index contributed by atoms with van der Waals surface area (Å²) < 4.78 is 37.4. The van der Waals surface area contributed by atoms with E-state index < -0.39 is 11.7 Å². The number of likely N-dealkylation sites (tertiary alicyclic amines) is 1. The maximum Gasteiger partial charge on any atom is 0.416 e. The van der Waals surface area contributed by atoms with Crippen molar-refractivity contribution in [3.8, 4) is 0 Å². The number of carbonyl (C=O) groups is 1. The molecule has 22 heavy (non-hydrogen) atoms. The molecule has 2 unspecified atom stereocenters. The molecule has 1 saturated heterocycles. The summed E-state index contributed by atoms with van der Waals surface area (Å²) in [5.74, 6) is 0.259. The van der Waals surface area contributed by atoms with Gasteiger partial charge in [-0.2, -0.15) is 13.2 Å². The van der Waals surface area contributed by atoms with Gasteiger partial charge in [0.25, 0.3) is 0 Å². The maximum absolute atomic E-state index is 12.5. The van der Waals surface area contributed by atoms with Crippen molar-refractivity contribution in [2.24, 2.45) is 11.7 Å². The van der Waals surface area contributed by atoms with Crippen molar-refractivity contribution in [1.29, 1.82) is 0 Å². The third-order valence-corrected chi connectivity index (χ3v) is 3.95. The molecule has 0 bridgehead atoms. The molecule has 124 valence electrons. The van der Waals surface area contributed by atoms with Crippen LogP contribution in [0.4, 0.5) is 13.2 Å². The molecule has 2 rings (SSSR count). The van der Waals surface area contributed by atoms with Crippen LogP contribution in [0.3, 0.4) is 0 Å². The minimum Gasteiger partial charge on any atom is -0.339 e. The molecule has 1 heterocycles. The molecule has 1 aromatic carbocycles. The first-order valence-corrected chi connectivity index (χ1v) is 6.97. The van der Waals surface area contributed by atoms with Crippen molar-refractivity contribution in [2.75, 3.05) is 13.1 Å². The first kappa shape index (κ1) is 18.8. The Morgan fingerprint density at radius 1 is 1.32 bits per heavy atom. The van der Waals surface area contributed by atoms with Crippen LogP contribution in [0.2, 0.25) is 0 Å². The van der Waals surface area contributed by atoms with Crippen molar-refractivity contribution in [2.45, 2.75) is 32.0 Å². The molecule has 0 saturated carbocycles. The Hall–Kier alpha value is -1.27. The number of amides is 1. The zero-order valence-electron chi connectivity index (χ0n) is 12.3. The van der Waals surface area contributed by atoms with E-state index in [-0.39, 0.29) is 30.8 Å². The second-order valence-corrected chi connectivity index (χ2v) is 5.60. The van der Waals surface area contributed by atoms with Gasteiger partial charge >= 0.3 is 6.18 Å². The predicted octanol–water partition coefficient (Wildman–Crippen LogP) is 2.87. The van der Waals surface area contributed by atoms with E-state index in [0.29, 0.717) is 24.6 Å². The van der Waals surface area contributed by atoms with Crippen molar-refractivity contribution >= 4 is 18.3 Å². The number of nitrogens with zero attached hydrogens (tertiary/aromatic N) is 1. The van der Waals surface area contributed by atoms with Crippen LogP contribution in [0.15, 0.2) is 24.3 Å². The molecule has 1 aliphatic heterocycles. The molecular formula is C15H20ClF3N2O. The zero-order chi connectivity index (χ0) is 15.6. The summed E-state index contributed by atoms with van der Waals surface area (Å²) in [4.78, 5) is 14.0. The standard InChI is InChI=1S/C15H19F3N2O.ClH/c1-10-6-12(8-19)9-20(10)14(21)7-11-2-4-13(5-3-11)15(16,17)18;/h2-5,10,12H,6-9,19H2,1H3;1H. The summed E-state index contributed by atoms with van der Waals surface area (Å²) in [6, 6.07) is 4.89. The Labute approximate surface area is 134 Å². The minimum absolute atomic E-state index is 0. The maximum atomic E-state index is 12.5. The monoisotopic (exact) mass is 336 g/mol. The first-order valence-electron chi connectivity index (χ1n) is 6.97. The van der Waals surface area contributed by atoms with Crippen LogP contribution in [0, 0.1) is 5.92 Å². The molecular weight excluding hydrogens is 317 g/mol. The Bertz CT molecular complexity index is 505. The van der Waals surface area contributed by atoms with E-state index >= 15 is 0 Å². The van der Waals surface area contributed by atoms with Crippen LogP contribution < -0.4 is 5.73 Å². The number of halogens is 4. The molecule has 0 radical (unpaired) electrons. The Morgan fingerprint density at radius 2 is 1.91 bits per heavy atom. The van der Waals surface area contributed by atoms with E-state index in [1.807, 2.05) is 6.92 Å². The lowest BCUT2D eigenvalue weighted by Gasteiger charge is -2.21. The lowest BCUT2D eigenvalue weighted by atomic mass is 10.1. The second kappa shape index (κ2) is 7.33. The largest absolute Gasteiger partial charge is 0.416 e. The summed E-state index contributed by atoms with van der Waals surface area (Å²) >= 11 is 0. The van der Waals surface area contributed by atoms with E-state index in [9.17, 15) is 18.0 Å². The van der Waals surface area contributed by atoms with E-state index in [1.54, 1.807) is 4.90 Å². The predicted molar refractivity (Wildman–Crippen MR) is 80.7 cm³/mol. The second-order valence-electron chi connectivity index (χ2n) is 5.60. The number of alkyl halides is 3. The molecule has 1 fully saturated rings. The van der Waals surface area contributed by atoms with Crippen LogP contribution in [0.25, 0.3) is 0 Å². The number of carbonyl (C=O) groups excluding carboxylic acids is 1. The van der Waals surface area contributed by atoms with Crippen molar-refractivity contribution in [3.63, 3.8) is 0 Å². The number of hydrogen-bond donors (Lipinski definition) is 1. The average Bonchev–Trinajstić information content (AvgIpc) is 2.80. The van der Waals surface area contributed by atoms with Gasteiger partial charge in [-0.05, 0) is 43.5 Å². The van der Waals surface area contributed by atoms with Gasteiger partial charge in [0.2, 0.25) is 5.91 Å². The highest BCUT2D eigenvalue weighted by atomic mass is 35.5. The Morgan fingerprint density at radius 3 is 2.36 bits per heavy atom. The minimum atomic E-state index is -4.35. The average molecular weight is 337 g/mol. The Balaban J connectivity index is 0.00000242. The summed E-state index contributed by atoms with van der Waals surface area (Å²) in [5.41, 5.74) is 5.52. The lowest BCUT2D eigenvalue weighted by molar-refractivity contribution is -0.137. The molecule has 1 aromatic rings. The number of hydrogen-bond acceptors (Lipinski definition) is 2. The van der Waals surface area contributed by atoms with Gasteiger partial charge in [0.05, 0.1) is 12.0 Å². The molecule has 2 N–H and O–H groups in total.